The maximum atomic E-state index is 6.31. The van der Waals surface area contributed by atoms with E-state index in [-0.39, 0.29) is 5.54 Å². The van der Waals surface area contributed by atoms with Crippen molar-refractivity contribution in [3.05, 3.63) is 33.8 Å². The molecule has 1 aliphatic carbocycles. The molecule has 1 saturated carbocycles. The van der Waals surface area contributed by atoms with Crippen molar-refractivity contribution in [2.45, 2.75) is 31.7 Å². The lowest BCUT2D eigenvalue weighted by molar-refractivity contribution is 0.143. The van der Waals surface area contributed by atoms with E-state index in [1.807, 2.05) is 12.1 Å². The van der Waals surface area contributed by atoms with Gasteiger partial charge >= 0.3 is 0 Å². The van der Waals surface area contributed by atoms with Crippen molar-refractivity contribution in [1.82, 2.24) is 0 Å². The Hall–Kier alpha value is -0.240. The zero-order valence-corrected chi connectivity index (χ0v) is 10.3. The third-order valence-electron chi connectivity index (χ3n) is 3.35. The largest absolute Gasteiger partial charge is 0.321 e. The quantitative estimate of drug-likeness (QED) is 0.836. The highest BCUT2D eigenvalue weighted by atomic mass is 35.5. The molecule has 1 aromatic carbocycles. The van der Waals surface area contributed by atoms with E-state index in [0.29, 0.717) is 10.0 Å². The summed E-state index contributed by atoms with van der Waals surface area (Å²) < 4.78 is 0. The molecule has 0 heterocycles. The van der Waals surface area contributed by atoms with Crippen LogP contribution in [0.2, 0.25) is 10.0 Å². The fraction of sp³-hybridized carbons (Fsp3) is 0.500. The van der Waals surface area contributed by atoms with E-state index < -0.39 is 0 Å². The molecule has 0 unspecified atom stereocenters. The normalized spacial score (nSPS) is 30.0. The molecule has 0 aromatic heterocycles. The molecule has 3 heteroatoms. The van der Waals surface area contributed by atoms with Crippen molar-refractivity contribution in [2.75, 3.05) is 0 Å². The minimum atomic E-state index is -0.220. The summed E-state index contributed by atoms with van der Waals surface area (Å²) in [4.78, 5) is 0. The Morgan fingerprint density at radius 1 is 1.40 bits per heavy atom. The Kier molecular flexibility index (Phi) is 2.98. The number of halogens is 2. The summed E-state index contributed by atoms with van der Waals surface area (Å²) in [6.07, 6.45) is 3.26. The van der Waals surface area contributed by atoms with Gasteiger partial charge in [-0.05, 0) is 36.5 Å². The van der Waals surface area contributed by atoms with Gasteiger partial charge in [-0.1, -0.05) is 42.6 Å². The lowest BCUT2D eigenvalue weighted by Gasteiger charge is -2.45. The van der Waals surface area contributed by atoms with E-state index in [1.54, 1.807) is 6.07 Å². The van der Waals surface area contributed by atoms with E-state index in [4.69, 9.17) is 28.9 Å². The summed E-state index contributed by atoms with van der Waals surface area (Å²) in [6, 6.07) is 5.58. The van der Waals surface area contributed by atoms with Gasteiger partial charge in [0.25, 0.3) is 0 Å². The van der Waals surface area contributed by atoms with Gasteiger partial charge in [-0.3, -0.25) is 0 Å². The van der Waals surface area contributed by atoms with Crippen LogP contribution in [0.4, 0.5) is 0 Å². The molecule has 0 atom stereocenters. The van der Waals surface area contributed by atoms with Gasteiger partial charge in [0.05, 0.1) is 0 Å². The van der Waals surface area contributed by atoms with Crippen LogP contribution in [0.1, 0.15) is 31.7 Å². The predicted molar refractivity (Wildman–Crippen MR) is 65.3 cm³/mol. The summed E-state index contributed by atoms with van der Waals surface area (Å²) in [5.41, 5.74) is 7.13. The van der Waals surface area contributed by atoms with Gasteiger partial charge in [0.2, 0.25) is 0 Å². The van der Waals surface area contributed by atoms with Crippen molar-refractivity contribution in [3.8, 4) is 0 Å². The Labute approximate surface area is 101 Å². The van der Waals surface area contributed by atoms with Gasteiger partial charge < -0.3 is 5.73 Å². The standard InChI is InChI=1S/C12H15Cl2N/c1-2-8-6-12(15,7-8)10-4-3-9(13)5-11(10)14/h3-5,8H,2,6-7,15H2,1H3. The van der Waals surface area contributed by atoms with Crippen LogP contribution in [0.15, 0.2) is 18.2 Å². The third-order valence-corrected chi connectivity index (χ3v) is 3.90. The van der Waals surface area contributed by atoms with E-state index >= 15 is 0 Å². The zero-order valence-electron chi connectivity index (χ0n) is 8.76. The first-order valence-electron chi connectivity index (χ1n) is 5.29. The number of hydrogen-bond donors (Lipinski definition) is 1. The molecule has 1 fully saturated rings. The van der Waals surface area contributed by atoms with Gasteiger partial charge in [0.15, 0.2) is 0 Å². The summed E-state index contributed by atoms with van der Waals surface area (Å²) in [6.45, 7) is 2.20. The monoisotopic (exact) mass is 243 g/mol. The lowest BCUT2D eigenvalue weighted by Crippen LogP contribution is -2.48. The van der Waals surface area contributed by atoms with Crippen molar-refractivity contribution in [2.24, 2.45) is 11.7 Å². The maximum Gasteiger partial charge on any atom is 0.0471 e. The molecule has 0 aliphatic heterocycles. The Bertz CT molecular complexity index is 370. The molecular formula is C12H15Cl2N. The van der Waals surface area contributed by atoms with E-state index in [1.165, 1.54) is 6.42 Å². The third kappa shape index (κ3) is 2.01. The average Bonchev–Trinajstić information content (AvgIpc) is 2.12. The smallest absolute Gasteiger partial charge is 0.0471 e. The van der Waals surface area contributed by atoms with Crippen LogP contribution in [-0.4, -0.2) is 0 Å². The second-order valence-corrected chi connectivity index (χ2v) is 5.31. The summed E-state index contributed by atoms with van der Waals surface area (Å²) >= 11 is 12.0. The minimum Gasteiger partial charge on any atom is -0.321 e. The van der Waals surface area contributed by atoms with E-state index in [9.17, 15) is 0 Å². The second-order valence-electron chi connectivity index (χ2n) is 4.46. The van der Waals surface area contributed by atoms with Crippen LogP contribution in [0.5, 0.6) is 0 Å². The van der Waals surface area contributed by atoms with Crippen molar-refractivity contribution < 1.29 is 0 Å². The zero-order chi connectivity index (χ0) is 11.1. The molecule has 0 spiro atoms. The fourth-order valence-electron chi connectivity index (χ4n) is 2.37. The van der Waals surface area contributed by atoms with Crippen LogP contribution in [0.3, 0.4) is 0 Å². The van der Waals surface area contributed by atoms with E-state index in [2.05, 4.69) is 6.92 Å². The SMILES string of the molecule is CCC1CC(N)(c2ccc(Cl)cc2Cl)C1. The van der Waals surface area contributed by atoms with Gasteiger partial charge in [-0.25, -0.2) is 0 Å². The molecule has 2 N–H and O–H groups in total. The molecule has 0 amide bonds. The minimum absolute atomic E-state index is 0.220. The Morgan fingerprint density at radius 3 is 2.60 bits per heavy atom. The van der Waals surface area contributed by atoms with Crippen LogP contribution in [-0.2, 0) is 5.54 Å². The first-order chi connectivity index (χ1) is 7.05. The predicted octanol–water partition coefficient (Wildman–Crippen LogP) is 3.97. The highest BCUT2D eigenvalue weighted by molar-refractivity contribution is 6.35. The molecule has 82 valence electrons. The fourth-order valence-corrected chi connectivity index (χ4v) is 2.97. The van der Waals surface area contributed by atoms with Crippen molar-refractivity contribution in [3.63, 3.8) is 0 Å². The molecule has 0 radical (unpaired) electrons. The topological polar surface area (TPSA) is 26.0 Å². The first-order valence-corrected chi connectivity index (χ1v) is 6.05. The average molecular weight is 244 g/mol. The van der Waals surface area contributed by atoms with E-state index in [0.717, 1.165) is 24.3 Å². The lowest BCUT2D eigenvalue weighted by atomic mass is 9.64. The highest BCUT2D eigenvalue weighted by Crippen LogP contribution is 2.47. The number of nitrogens with two attached hydrogens (primary N) is 1. The first kappa shape index (κ1) is 11.3. The van der Waals surface area contributed by atoms with Gasteiger partial charge in [-0.2, -0.15) is 0 Å². The van der Waals surface area contributed by atoms with Gasteiger partial charge in [0.1, 0.15) is 0 Å². The van der Waals surface area contributed by atoms with Crippen LogP contribution >= 0.6 is 23.2 Å². The van der Waals surface area contributed by atoms with Gasteiger partial charge in [-0.15, -0.1) is 0 Å². The number of hydrogen-bond acceptors (Lipinski definition) is 1. The molecule has 1 aromatic rings. The highest BCUT2D eigenvalue weighted by Gasteiger charge is 2.42. The van der Waals surface area contributed by atoms with Crippen molar-refractivity contribution in [1.29, 1.82) is 0 Å². The number of benzene rings is 1. The molecule has 1 aliphatic rings. The summed E-state index contributed by atoms with van der Waals surface area (Å²) in [5, 5.41) is 1.36. The molecule has 0 bridgehead atoms. The Morgan fingerprint density at radius 2 is 2.07 bits per heavy atom. The second kappa shape index (κ2) is 3.97. The molecule has 15 heavy (non-hydrogen) atoms. The molecule has 2 rings (SSSR count). The van der Waals surface area contributed by atoms with Crippen LogP contribution in [0.25, 0.3) is 0 Å². The number of rotatable bonds is 2. The summed E-state index contributed by atoms with van der Waals surface area (Å²) in [5.74, 6) is 0.752. The van der Waals surface area contributed by atoms with Crippen LogP contribution < -0.4 is 5.73 Å². The maximum absolute atomic E-state index is 6.31. The summed E-state index contributed by atoms with van der Waals surface area (Å²) in [7, 11) is 0. The Balaban J connectivity index is 2.24. The van der Waals surface area contributed by atoms with Gasteiger partial charge in [0, 0.05) is 15.6 Å². The molecule has 0 saturated heterocycles. The van der Waals surface area contributed by atoms with Crippen molar-refractivity contribution >= 4 is 23.2 Å². The van der Waals surface area contributed by atoms with Crippen LogP contribution in [0, 0.1) is 5.92 Å². The molecular weight excluding hydrogens is 229 g/mol. The molecule has 1 nitrogen and oxygen atoms in total.